The Labute approximate surface area is 266 Å². The maximum Gasteiger partial charge on any atom is 0.410 e. The summed E-state index contributed by atoms with van der Waals surface area (Å²) >= 11 is 0. The van der Waals surface area contributed by atoms with Gasteiger partial charge in [-0.15, -0.1) is 0 Å². The van der Waals surface area contributed by atoms with Crippen LogP contribution in [0, 0.1) is 6.92 Å². The quantitative estimate of drug-likeness (QED) is 0.278. The van der Waals surface area contributed by atoms with Gasteiger partial charge in [0, 0.05) is 38.3 Å². The number of amides is 2. The molecule has 4 rings (SSSR count). The number of nitrogens with one attached hydrogen (secondary N) is 1. The van der Waals surface area contributed by atoms with Crippen molar-refractivity contribution in [3.05, 3.63) is 83.4 Å². The smallest absolute Gasteiger partial charge is 0.410 e. The van der Waals surface area contributed by atoms with E-state index in [9.17, 15) is 14.4 Å². The summed E-state index contributed by atoms with van der Waals surface area (Å²) in [6.07, 6.45) is -0.283. The van der Waals surface area contributed by atoms with Crippen molar-refractivity contribution in [1.29, 1.82) is 0 Å². The molecule has 0 radical (unpaired) electrons. The number of carbonyl (C=O) groups is 3. The molecule has 0 aliphatic carbocycles. The minimum Gasteiger partial charge on any atom is -0.492 e. The van der Waals surface area contributed by atoms with Gasteiger partial charge in [-0.25, -0.2) is 9.59 Å². The van der Waals surface area contributed by atoms with Crippen LogP contribution in [-0.2, 0) is 9.47 Å². The van der Waals surface area contributed by atoms with Crippen LogP contribution in [0.2, 0.25) is 0 Å². The summed E-state index contributed by atoms with van der Waals surface area (Å²) in [6.45, 7) is 16.6. The van der Waals surface area contributed by atoms with Gasteiger partial charge < -0.3 is 24.4 Å². The van der Waals surface area contributed by atoms with Crippen molar-refractivity contribution in [2.24, 2.45) is 0 Å². The van der Waals surface area contributed by atoms with Crippen molar-refractivity contribution in [3.63, 3.8) is 0 Å². The summed E-state index contributed by atoms with van der Waals surface area (Å²) in [4.78, 5) is 43.0. The Morgan fingerprint density at radius 1 is 0.756 bits per heavy atom. The average molecular weight is 616 g/mol. The van der Waals surface area contributed by atoms with Crippen molar-refractivity contribution >= 4 is 23.7 Å². The number of hydrogen-bond acceptors (Lipinski definition) is 7. The van der Waals surface area contributed by atoms with E-state index in [2.05, 4.69) is 10.2 Å². The molecule has 3 aromatic rings. The zero-order valence-corrected chi connectivity index (χ0v) is 27.4. The van der Waals surface area contributed by atoms with Crippen LogP contribution in [0.5, 0.6) is 5.75 Å². The molecule has 0 aromatic heterocycles. The van der Waals surface area contributed by atoms with E-state index in [0.29, 0.717) is 43.2 Å². The minimum atomic E-state index is -0.690. The van der Waals surface area contributed by atoms with Gasteiger partial charge in [0.2, 0.25) is 0 Å². The zero-order valence-electron chi connectivity index (χ0n) is 27.4. The third-order valence-electron chi connectivity index (χ3n) is 7.15. The van der Waals surface area contributed by atoms with Crippen molar-refractivity contribution in [1.82, 2.24) is 9.80 Å². The Balaban J connectivity index is 1.42. The number of benzene rings is 3. The molecule has 1 aliphatic heterocycles. The van der Waals surface area contributed by atoms with Crippen molar-refractivity contribution in [2.75, 3.05) is 44.6 Å². The van der Waals surface area contributed by atoms with Gasteiger partial charge in [-0.2, -0.15) is 0 Å². The number of rotatable bonds is 8. The molecule has 3 aromatic carbocycles. The van der Waals surface area contributed by atoms with E-state index in [-0.39, 0.29) is 17.6 Å². The van der Waals surface area contributed by atoms with Gasteiger partial charge in [-0.1, -0.05) is 42.5 Å². The lowest BCUT2D eigenvalue weighted by atomic mass is 10.0. The fourth-order valence-electron chi connectivity index (χ4n) is 4.87. The molecule has 45 heavy (non-hydrogen) atoms. The molecule has 1 saturated heterocycles. The summed E-state index contributed by atoms with van der Waals surface area (Å²) in [5.41, 5.74) is 2.47. The van der Waals surface area contributed by atoms with Gasteiger partial charge in [-0.05, 0) is 89.4 Å². The largest absolute Gasteiger partial charge is 0.492 e. The predicted octanol–water partition coefficient (Wildman–Crippen LogP) is 6.80. The van der Waals surface area contributed by atoms with E-state index in [1.165, 1.54) is 0 Å². The van der Waals surface area contributed by atoms with Crippen LogP contribution in [0.25, 0.3) is 11.1 Å². The van der Waals surface area contributed by atoms with E-state index < -0.39 is 17.2 Å². The van der Waals surface area contributed by atoms with Crippen molar-refractivity contribution < 1.29 is 28.6 Å². The number of esters is 1. The second kappa shape index (κ2) is 14.2. The maximum absolute atomic E-state index is 13.6. The summed E-state index contributed by atoms with van der Waals surface area (Å²) in [7, 11) is 0. The molecule has 1 fully saturated rings. The molecule has 1 N–H and O–H groups in total. The van der Waals surface area contributed by atoms with Gasteiger partial charge >= 0.3 is 12.1 Å². The molecule has 9 nitrogen and oxygen atoms in total. The Hall–Kier alpha value is -4.37. The zero-order chi connectivity index (χ0) is 32.8. The van der Waals surface area contributed by atoms with Crippen molar-refractivity contribution in [3.8, 4) is 16.9 Å². The number of hydrogen-bond donors (Lipinski definition) is 1. The van der Waals surface area contributed by atoms with Crippen LogP contribution in [0.3, 0.4) is 0 Å². The lowest BCUT2D eigenvalue weighted by Crippen LogP contribution is -2.50. The highest BCUT2D eigenvalue weighted by atomic mass is 16.6. The minimum absolute atomic E-state index is 0.273. The number of ether oxygens (including phenoxy) is 3. The second-order valence-electron chi connectivity index (χ2n) is 13.2. The molecule has 9 heteroatoms. The van der Waals surface area contributed by atoms with Crippen LogP contribution in [0.15, 0.2) is 66.7 Å². The van der Waals surface area contributed by atoms with E-state index in [4.69, 9.17) is 14.2 Å². The molecule has 0 spiro atoms. The van der Waals surface area contributed by atoms with Crippen LogP contribution >= 0.6 is 0 Å². The molecule has 0 unspecified atom stereocenters. The lowest BCUT2D eigenvalue weighted by molar-refractivity contribution is 0.00689. The van der Waals surface area contributed by atoms with Gasteiger partial charge in [0.25, 0.3) is 5.91 Å². The highest BCUT2D eigenvalue weighted by molar-refractivity contribution is 6.09. The second-order valence-corrected chi connectivity index (χ2v) is 13.2. The highest BCUT2D eigenvalue weighted by Gasteiger charge is 2.26. The van der Waals surface area contributed by atoms with E-state index >= 15 is 0 Å². The number of carbonyl (C=O) groups excluding carboxylic acids is 3. The summed E-state index contributed by atoms with van der Waals surface area (Å²) in [5.74, 6) is -0.298. The first-order valence-electron chi connectivity index (χ1n) is 15.4. The Morgan fingerprint density at radius 3 is 2.07 bits per heavy atom. The summed E-state index contributed by atoms with van der Waals surface area (Å²) in [6, 6.07) is 20.5. The predicted molar refractivity (Wildman–Crippen MR) is 176 cm³/mol. The number of aryl methyl sites for hydroxylation is 1. The summed E-state index contributed by atoms with van der Waals surface area (Å²) in [5, 5.41) is 2.96. The highest BCUT2D eigenvalue weighted by Crippen LogP contribution is 2.29. The Bertz CT molecular complexity index is 1500. The molecule has 0 atom stereocenters. The number of piperazine rings is 1. The van der Waals surface area contributed by atoms with E-state index in [1.807, 2.05) is 76.2 Å². The molecule has 1 heterocycles. The van der Waals surface area contributed by atoms with Crippen LogP contribution in [0.1, 0.15) is 67.8 Å². The third kappa shape index (κ3) is 9.81. The molecule has 0 bridgehead atoms. The normalized spacial score (nSPS) is 14.1. The van der Waals surface area contributed by atoms with Gasteiger partial charge in [-0.3, -0.25) is 9.69 Å². The lowest BCUT2D eigenvalue weighted by Gasteiger charge is -2.35. The van der Waals surface area contributed by atoms with Crippen LogP contribution < -0.4 is 10.1 Å². The first-order chi connectivity index (χ1) is 21.2. The van der Waals surface area contributed by atoms with E-state index in [0.717, 1.165) is 29.8 Å². The van der Waals surface area contributed by atoms with Gasteiger partial charge in [0.15, 0.2) is 0 Å². The standard InChI is InChI=1S/C36H45N3O6/c1-25-13-15-28(43-22-21-38-17-19-39(20-18-38)34(42)45-36(5,6)7)24-30(25)32(40)37-31-23-27(26-11-9-8-10-12-26)14-16-29(31)33(41)44-35(2,3)4/h8-16,23-24H,17-22H2,1-7H3,(H,37,40). The molecular weight excluding hydrogens is 570 g/mol. The molecular formula is C36H45N3O6. The molecule has 0 saturated carbocycles. The Kier molecular flexibility index (Phi) is 10.5. The van der Waals surface area contributed by atoms with E-state index in [1.54, 1.807) is 43.9 Å². The fraction of sp³-hybridized carbons (Fsp3) is 0.417. The Morgan fingerprint density at radius 2 is 1.42 bits per heavy atom. The summed E-state index contributed by atoms with van der Waals surface area (Å²) < 4.78 is 17.1. The maximum atomic E-state index is 13.6. The molecule has 240 valence electrons. The van der Waals surface area contributed by atoms with Crippen molar-refractivity contribution in [2.45, 2.75) is 59.7 Å². The topological polar surface area (TPSA) is 97.4 Å². The first-order valence-corrected chi connectivity index (χ1v) is 15.4. The van der Waals surface area contributed by atoms with Crippen LogP contribution in [-0.4, -0.2) is 78.3 Å². The van der Waals surface area contributed by atoms with Crippen LogP contribution in [0.4, 0.5) is 10.5 Å². The molecule has 2 amide bonds. The van der Waals surface area contributed by atoms with Gasteiger partial charge in [0.1, 0.15) is 23.6 Å². The fourth-order valence-corrected chi connectivity index (χ4v) is 4.87. The SMILES string of the molecule is Cc1ccc(OCCN2CCN(C(=O)OC(C)(C)C)CC2)cc1C(=O)Nc1cc(-c2ccccc2)ccc1C(=O)OC(C)(C)C. The third-order valence-corrected chi connectivity index (χ3v) is 7.15. The van der Waals surface area contributed by atoms with Gasteiger partial charge in [0.05, 0.1) is 11.3 Å². The first kappa shape index (κ1) is 33.5. The monoisotopic (exact) mass is 615 g/mol. The number of anilines is 1. The molecule has 1 aliphatic rings. The average Bonchev–Trinajstić information content (AvgIpc) is 2.97. The number of nitrogens with zero attached hydrogens (tertiary/aromatic N) is 2.